The molecule has 21 heavy (non-hydrogen) atoms. The summed E-state index contributed by atoms with van der Waals surface area (Å²) in [5.41, 5.74) is 0. The summed E-state index contributed by atoms with van der Waals surface area (Å²) < 4.78 is 32.7. The lowest BCUT2D eigenvalue weighted by Gasteiger charge is -2.04. The van der Waals surface area contributed by atoms with E-state index in [1.807, 2.05) is 0 Å². The molecule has 0 spiro atoms. The minimum absolute atomic E-state index is 0.266. The van der Waals surface area contributed by atoms with Gasteiger partial charge in [0.25, 0.3) is 0 Å². The molecule has 0 amide bonds. The van der Waals surface area contributed by atoms with Crippen molar-refractivity contribution in [3.8, 4) is 0 Å². The van der Waals surface area contributed by atoms with Crippen molar-refractivity contribution in [1.82, 2.24) is 10.0 Å². The van der Waals surface area contributed by atoms with E-state index in [0.29, 0.717) is 24.6 Å². The van der Waals surface area contributed by atoms with E-state index in [9.17, 15) is 8.42 Å². The second-order valence-electron chi connectivity index (χ2n) is 5.79. The molecule has 1 aromatic rings. The molecule has 0 saturated heterocycles. The fraction of sp³-hybridized carbons (Fsp3) is 0.733. The van der Waals surface area contributed by atoms with Crippen LogP contribution in [0.15, 0.2) is 15.4 Å². The van der Waals surface area contributed by atoms with Crippen molar-refractivity contribution in [3.63, 3.8) is 0 Å². The van der Waals surface area contributed by atoms with Crippen molar-refractivity contribution >= 4 is 10.0 Å². The van der Waals surface area contributed by atoms with E-state index < -0.39 is 10.0 Å². The van der Waals surface area contributed by atoms with Gasteiger partial charge in [0.1, 0.15) is 16.4 Å². The van der Waals surface area contributed by atoms with Gasteiger partial charge in [0.15, 0.2) is 0 Å². The highest BCUT2D eigenvalue weighted by atomic mass is 32.2. The number of nitrogens with one attached hydrogen (secondary N) is 2. The Morgan fingerprint density at radius 1 is 1.33 bits per heavy atom. The maximum Gasteiger partial charge on any atom is 0.244 e. The smallest absolute Gasteiger partial charge is 0.244 e. The van der Waals surface area contributed by atoms with E-state index in [4.69, 9.17) is 4.42 Å². The number of hydrogen-bond donors (Lipinski definition) is 2. The molecular formula is C15H26N2O3S. The molecular weight excluding hydrogens is 288 g/mol. The SMILES string of the molecule is CCCNCc1cc(S(=O)(=O)NCCCC2CC2)c(C)o1. The molecule has 0 aromatic carbocycles. The summed E-state index contributed by atoms with van der Waals surface area (Å²) in [5, 5.41) is 3.21. The second kappa shape index (κ2) is 7.42. The maximum atomic E-state index is 12.3. The zero-order valence-electron chi connectivity index (χ0n) is 12.9. The maximum absolute atomic E-state index is 12.3. The zero-order valence-corrected chi connectivity index (χ0v) is 13.8. The Balaban J connectivity index is 1.88. The number of aryl methyl sites for hydroxylation is 1. The fourth-order valence-electron chi connectivity index (χ4n) is 2.35. The molecule has 0 unspecified atom stereocenters. The minimum Gasteiger partial charge on any atom is -0.464 e. The van der Waals surface area contributed by atoms with E-state index >= 15 is 0 Å². The lowest BCUT2D eigenvalue weighted by atomic mass is 10.2. The largest absolute Gasteiger partial charge is 0.464 e. The van der Waals surface area contributed by atoms with Gasteiger partial charge in [0, 0.05) is 12.6 Å². The van der Waals surface area contributed by atoms with Crippen LogP contribution >= 0.6 is 0 Å². The van der Waals surface area contributed by atoms with Crippen LogP contribution in [0.4, 0.5) is 0 Å². The average Bonchev–Trinajstić information content (AvgIpc) is 3.17. The van der Waals surface area contributed by atoms with Gasteiger partial charge in [-0.25, -0.2) is 13.1 Å². The number of sulfonamides is 1. The molecule has 5 nitrogen and oxygen atoms in total. The quantitative estimate of drug-likeness (QED) is 0.651. The van der Waals surface area contributed by atoms with E-state index in [0.717, 1.165) is 31.7 Å². The molecule has 1 aliphatic carbocycles. The molecule has 1 fully saturated rings. The Labute approximate surface area is 127 Å². The van der Waals surface area contributed by atoms with Crippen LogP contribution in [0.1, 0.15) is 50.5 Å². The van der Waals surface area contributed by atoms with Crippen LogP contribution in [-0.2, 0) is 16.6 Å². The van der Waals surface area contributed by atoms with Gasteiger partial charge < -0.3 is 9.73 Å². The normalized spacial score (nSPS) is 15.5. The van der Waals surface area contributed by atoms with Crippen LogP contribution in [0.3, 0.4) is 0 Å². The van der Waals surface area contributed by atoms with Gasteiger partial charge in [-0.2, -0.15) is 0 Å². The molecule has 0 atom stereocenters. The first-order valence-corrected chi connectivity index (χ1v) is 9.31. The lowest BCUT2D eigenvalue weighted by Crippen LogP contribution is -2.25. The third-order valence-corrected chi connectivity index (χ3v) is 5.29. The highest BCUT2D eigenvalue weighted by Gasteiger charge is 2.23. The van der Waals surface area contributed by atoms with Crippen molar-refractivity contribution < 1.29 is 12.8 Å². The Kier molecular flexibility index (Phi) is 5.84. The summed E-state index contributed by atoms with van der Waals surface area (Å²) in [5.74, 6) is 1.96. The summed E-state index contributed by atoms with van der Waals surface area (Å²) in [6.07, 6.45) is 5.68. The highest BCUT2D eigenvalue weighted by Crippen LogP contribution is 2.33. The zero-order chi connectivity index (χ0) is 15.3. The van der Waals surface area contributed by atoms with Gasteiger partial charge in [-0.3, -0.25) is 0 Å². The molecule has 1 heterocycles. The van der Waals surface area contributed by atoms with Gasteiger partial charge in [-0.05, 0) is 38.6 Å². The summed E-state index contributed by atoms with van der Waals surface area (Å²) in [6, 6.07) is 1.63. The van der Waals surface area contributed by atoms with Gasteiger partial charge in [-0.1, -0.05) is 19.8 Å². The van der Waals surface area contributed by atoms with Gasteiger partial charge in [0.2, 0.25) is 10.0 Å². The molecule has 0 aliphatic heterocycles. The summed E-state index contributed by atoms with van der Waals surface area (Å²) >= 11 is 0. The standard InChI is InChI=1S/C15H26N2O3S/c1-3-8-16-11-14-10-15(12(2)20-14)21(18,19)17-9-4-5-13-6-7-13/h10,13,16-17H,3-9,11H2,1-2H3. The van der Waals surface area contributed by atoms with Crippen LogP contribution < -0.4 is 10.0 Å². The van der Waals surface area contributed by atoms with Crippen LogP contribution in [0.25, 0.3) is 0 Å². The van der Waals surface area contributed by atoms with Crippen molar-refractivity contribution in [2.24, 2.45) is 5.92 Å². The summed E-state index contributed by atoms with van der Waals surface area (Å²) in [6.45, 7) is 5.74. The molecule has 1 aromatic heterocycles. The van der Waals surface area contributed by atoms with Crippen molar-refractivity contribution in [2.75, 3.05) is 13.1 Å². The first kappa shape index (κ1) is 16.5. The van der Waals surface area contributed by atoms with E-state index in [1.54, 1.807) is 13.0 Å². The molecule has 6 heteroatoms. The molecule has 1 saturated carbocycles. The molecule has 2 N–H and O–H groups in total. The third-order valence-electron chi connectivity index (χ3n) is 3.72. The predicted octanol–water partition coefficient (Wildman–Crippen LogP) is 2.56. The monoisotopic (exact) mass is 314 g/mol. The molecule has 0 radical (unpaired) electrons. The van der Waals surface area contributed by atoms with Crippen molar-refractivity contribution in [3.05, 3.63) is 17.6 Å². The van der Waals surface area contributed by atoms with Gasteiger partial charge in [-0.15, -0.1) is 0 Å². The molecule has 2 rings (SSSR count). The topological polar surface area (TPSA) is 71.3 Å². The number of furan rings is 1. The van der Waals surface area contributed by atoms with E-state index in [1.165, 1.54) is 12.8 Å². The van der Waals surface area contributed by atoms with Crippen LogP contribution in [-0.4, -0.2) is 21.5 Å². The minimum atomic E-state index is -3.45. The first-order chi connectivity index (χ1) is 10.0. The van der Waals surface area contributed by atoms with Crippen molar-refractivity contribution in [1.29, 1.82) is 0 Å². The van der Waals surface area contributed by atoms with E-state index in [2.05, 4.69) is 17.0 Å². The van der Waals surface area contributed by atoms with E-state index in [-0.39, 0.29) is 4.90 Å². The van der Waals surface area contributed by atoms with Crippen LogP contribution in [0, 0.1) is 12.8 Å². The fourth-order valence-corrected chi connectivity index (χ4v) is 3.62. The Bertz CT molecular complexity index is 547. The number of rotatable bonds is 10. The summed E-state index contributed by atoms with van der Waals surface area (Å²) in [7, 11) is -3.45. The highest BCUT2D eigenvalue weighted by molar-refractivity contribution is 7.89. The van der Waals surface area contributed by atoms with Crippen molar-refractivity contribution in [2.45, 2.75) is 57.4 Å². The summed E-state index contributed by atoms with van der Waals surface area (Å²) in [4.78, 5) is 0.266. The Morgan fingerprint density at radius 3 is 2.76 bits per heavy atom. The first-order valence-electron chi connectivity index (χ1n) is 7.82. The van der Waals surface area contributed by atoms with Gasteiger partial charge >= 0.3 is 0 Å². The van der Waals surface area contributed by atoms with Crippen LogP contribution in [0.5, 0.6) is 0 Å². The molecule has 1 aliphatic rings. The lowest BCUT2D eigenvalue weighted by molar-refractivity contribution is 0.457. The predicted molar refractivity (Wildman–Crippen MR) is 82.6 cm³/mol. The third kappa shape index (κ3) is 5.13. The number of hydrogen-bond acceptors (Lipinski definition) is 4. The Morgan fingerprint density at radius 2 is 2.10 bits per heavy atom. The molecule has 0 bridgehead atoms. The average molecular weight is 314 g/mol. The van der Waals surface area contributed by atoms with Gasteiger partial charge in [0.05, 0.1) is 6.54 Å². The Hall–Kier alpha value is -0.850. The second-order valence-corrected chi connectivity index (χ2v) is 7.53. The molecule has 120 valence electrons. The van der Waals surface area contributed by atoms with Crippen LogP contribution in [0.2, 0.25) is 0 Å².